The summed E-state index contributed by atoms with van der Waals surface area (Å²) in [5.41, 5.74) is 1.16. The van der Waals surface area contributed by atoms with Crippen LogP contribution in [0.3, 0.4) is 0 Å². The fourth-order valence-corrected chi connectivity index (χ4v) is 1.75. The van der Waals surface area contributed by atoms with Crippen LogP contribution in [0.5, 0.6) is 0 Å². The fourth-order valence-electron chi connectivity index (χ4n) is 1.75. The van der Waals surface area contributed by atoms with Crippen LogP contribution in [-0.4, -0.2) is 16.5 Å². The Morgan fingerprint density at radius 3 is 2.75 bits per heavy atom. The van der Waals surface area contributed by atoms with Gasteiger partial charge in [-0.25, -0.2) is 9.97 Å². The number of aromatic nitrogens is 2. The highest BCUT2D eigenvalue weighted by molar-refractivity contribution is 5.36. The molecule has 1 aliphatic rings. The molecule has 0 saturated heterocycles. The van der Waals surface area contributed by atoms with Gasteiger partial charge in [0.2, 0.25) is 0 Å². The average Bonchev–Trinajstić information content (AvgIpc) is 3.10. The zero-order valence-electron chi connectivity index (χ0n) is 10.3. The molecular weight excluding hydrogens is 198 g/mol. The Balaban J connectivity index is 2.09. The van der Waals surface area contributed by atoms with Crippen molar-refractivity contribution in [3.63, 3.8) is 0 Å². The topological polar surface area (TPSA) is 37.8 Å². The highest BCUT2D eigenvalue weighted by atomic mass is 15.0. The summed E-state index contributed by atoms with van der Waals surface area (Å²) in [4.78, 5) is 9.17. The van der Waals surface area contributed by atoms with Crippen molar-refractivity contribution in [3.05, 3.63) is 17.6 Å². The summed E-state index contributed by atoms with van der Waals surface area (Å²) in [7, 11) is 0. The van der Waals surface area contributed by atoms with Gasteiger partial charge in [-0.1, -0.05) is 13.8 Å². The minimum Gasteiger partial charge on any atom is -0.370 e. The Labute approximate surface area is 97.7 Å². The molecule has 88 valence electrons. The fraction of sp³-hybridized carbons (Fsp3) is 0.692. The number of aryl methyl sites for hydroxylation is 1. The highest BCUT2D eigenvalue weighted by Crippen LogP contribution is 2.31. The van der Waals surface area contributed by atoms with E-state index in [2.05, 4.69) is 35.2 Å². The number of anilines is 1. The van der Waals surface area contributed by atoms with Gasteiger partial charge >= 0.3 is 0 Å². The van der Waals surface area contributed by atoms with Crippen LogP contribution in [0.4, 0.5) is 5.82 Å². The summed E-state index contributed by atoms with van der Waals surface area (Å²) in [6, 6.07) is 2.08. The van der Waals surface area contributed by atoms with Gasteiger partial charge in [-0.05, 0) is 31.6 Å². The van der Waals surface area contributed by atoms with Gasteiger partial charge < -0.3 is 5.32 Å². The number of hydrogen-bond donors (Lipinski definition) is 1. The second-order valence-corrected chi connectivity index (χ2v) is 4.59. The molecule has 1 saturated carbocycles. The van der Waals surface area contributed by atoms with Crippen LogP contribution in [0.25, 0.3) is 0 Å². The first-order valence-corrected chi connectivity index (χ1v) is 6.42. The van der Waals surface area contributed by atoms with E-state index in [0.29, 0.717) is 0 Å². The molecule has 1 aromatic rings. The van der Waals surface area contributed by atoms with Gasteiger partial charge in [0.05, 0.1) is 0 Å². The quantitative estimate of drug-likeness (QED) is 0.799. The minimum absolute atomic E-state index is 0.853. The van der Waals surface area contributed by atoms with E-state index in [1.54, 1.807) is 0 Å². The molecule has 1 aliphatic carbocycles. The Morgan fingerprint density at radius 1 is 1.31 bits per heavy atom. The second kappa shape index (κ2) is 5.28. The van der Waals surface area contributed by atoms with E-state index in [-0.39, 0.29) is 0 Å². The van der Waals surface area contributed by atoms with Crippen LogP contribution >= 0.6 is 0 Å². The van der Waals surface area contributed by atoms with Crippen molar-refractivity contribution < 1.29 is 0 Å². The summed E-state index contributed by atoms with van der Waals surface area (Å²) in [6.07, 6.45) is 5.90. The molecule has 1 fully saturated rings. The molecule has 0 spiro atoms. The van der Waals surface area contributed by atoms with Crippen LogP contribution in [0.1, 0.15) is 44.6 Å². The van der Waals surface area contributed by atoms with Gasteiger partial charge in [-0.2, -0.15) is 0 Å². The molecule has 1 aromatic heterocycles. The highest BCUT2D eigenvalue weighted by Gasteiger charge is 2.23. The number of hydrogen-bond acceptors (Lipinski definition) is 3. The van der Waals surface area contributed by atoms with Crippen molar-refractivity contribution in [3.8, 4) is 0 Å². The molecule has 3 heteroatoms. The number of rotatable bonds is 6. The van der Waals surface area contributed by atoms with Crippen LogP contribution in [-0.2, 0) is 12.8 Å². The van der Waals surface area contributed by atoms with Gasteiger partial charge in [-0.15, -0.1) is 0 Å². The standard InChI is InChI=1S/C13H21N3/c1-3-7-14-12-9-11(4-2)15-13(16-12)8-10-5-6-10/h9-10H,3-8H2,1-2H3,(H,14,15,16). The van der Waals surface area contributed by atoms with Crippen molar-refractivity contribution in [1.29, 1.82) is 0 Å². The van der Waals surface area contributed by atoms with Crippen LogP contribution in [0.2, 0.25) is 0 Å². The third-order valence-corrected chi connectivity index (χ3v) is 2.91. The third kappa shape index (κ3) is 3.19. The molecule has 1 heterocycles. The molecule has 2 rings (SSSR count). The number of nitrogens with zero attached hydrogens (tertiary/aromatic N) is 2. The zero-order valence-corrected chi connectivity index (χ0v) is 10.3. The van der Waals surface area contributed by atoms with Crippen molar-refractivity contribution in [2.75, 3.05) is 11.9 Å². The first-order valence-electron chi connectivity index (χ1n) is 6.42. The van der Waals surface area contributed by atoms with Crippen LogP contribution in [0.15, 0.2) is 6.07 Å². The van der Waals surface area contributed by atoms with E-state index in [1.807, 2.05) is 0 Å². The Kier molecular flexibility index (Phi) is 3.75. The molecule has 0 atom stereocenters. The minimum atomic E-state index is 0.853. The zero-order chi connectivity index (χ0) is 11.4. The second-order valence-electron chi connectivity index (χ2n) is 4.59. The van der Waals surface area contributed by atoms with Gasteiger partial charge in [0.15, 0.2) is 0 Å². The van der Waals surface area contributed by atoms with E-state index < -0.39 is 0 Å². The smallest absolute Gasteiger partial charge is 0.131 e. The summed E-state index contributed by atoms with van der Waals surface area (Å²) in [6.45, 7) is 5.30. The van der Waals surface area contributed by atoms with Crippen molar-refractivity contribution in [2.45, 2.75) is 46.0 Å². The SMILES string of the molecule is CCCNc1cc(CC)nc(CC2CC2)n1. The lowest BCUT2D eigenvalue weighted by molar-refractivity contribution is 0.757. The predicted molar refractivity (Wildman–Crippen MR) is 66.6 cm³/mol. The molecule has 0 amide bonds. The molecule has 0 unspecified atom stereocenters. The normalized spacial score (nSPS) is 15.1. The van der Waals surface area contributed by atoms with E-state index >= 15 is 0 Å². The summed E-state index contributed by atoms with van der Waals surface area (Å²) >= 11 is 0. The summed E-state index contributed by atoms with van der Waals surface area (Å²) < 4.78 is 0. The average molecular weight is 219 g/mol. The molecule has 0 aliphatic heterocycles. The molecule has 0 aromatic carbocycles. The van der Waals surface area contributed by atoms with Crippen LogP contribution in [0, 0.1) is 5.92 Å². The van der Waals surface area contributed by atoms with Crippen molar-refractivity contribution in [2.24, 2.45) is 5.92 Å². The van der Waals surface area contributed by atoms with Gasteiger partial charge in [0, 0.05) is 24.7 Å². The van der Waals surface area contributed by atoms with E-state index in [0.717, 1.165) is 49.1 Å². The van der Waals surface area contributed by atoms with E-state index in [9.17, 15) is 0 Å². The largest absolute Gasteiger partial charge is 0.370 e. The Hall–Kier alpha value is -1.12. The molecule has 1 N–H and O–H groups in total. The van der Waals surface area contributed by atoms with E-state index in [1.165, 1.54) is 12.8 Å². The van der Waals surface area contributed by atoms with Crippen molar-refractivity contribution >= 4 is 5.82 Å². The maximum Gasteiger partial charge on any atom is 0.131 e. The van der Waals surface area contributed by atoms with Crippen molar-refractivity contribution in [1.82, 2.24) is 9.97 Å². The monoisotopic (exact) mass is 219 g/mol. The lowest BCUT2D eigenvalue weighted by atomic mass is 10.2. The summed E-state index contributed by atoms with van der Waals surface area (Å²) in [5, 5.41) is 3.35. The molecule has 0 radical (unpaired) electrons. The first kappa shape index (κ1) is 11.4. The van der Waals surface area contributed by atoms with Crippen LogP contribution < -0.4 is 5.32 Å². The van der Waals surface area contributed by atoms with Gasteiger partial charge in [-0.3, -0.25) is 0 Å². The maximum absolute atomic E-state index is 4.59. The lowest BCUT2D eigenvalue weighted by Crippen LogP contribution is -2.07. The van der Waals surface area contributed by atoms with Gasteiger partial charge in [0.25, 0.3) is 0 Å². The molecule has 3 nitrogen and oxygen atoms in total. The summed E-state index contributed by atoms with van der Waals surface area (Å²) in [5.74, 6) is 2.89. The lowest BCUT2D eigenvalue weighted by Gasteiger charge is -2.08. The number of nitrogens with one attached hydrogen (secondary N) is 1. The third-order valence-electron chi connectivity index (χ3n) is 2.91. The van der Waals surface area contributed by atoms with Gasteiger partial charge in [0.1, 0.15) is 11.6 Å². The Morgan fingerprint density at radius 2 is 2.12 bits per heavy atom. The molecule has 0 bridgehead atoms. The predicted octanol–water partition coefficient (Wildman–Crippen LogP) is 2.81. The maximum atomic E-state index is 4.59. The molecule has 16 heavy (non-hydrogen) atoms. The first-order chi connectivity index (χ1) is 7.81. The molecular formula is C13H21N3. The Bertz CT molecular complexity index is 345. The van der Waals surface area contributed by atoms with E-state index in [4.69, 9.17) is 0 Å².